The molecule has 4 rings (SSSR count). The lowest BCUT2D eigenvalue weighted by Crippen LogP contribution is -2.28. The van der Waals surface area contributed by atoms with Crippen LogP contribution in [0.25, 0.3) is 10.9 Å². The molecule has 4 aromatic rings. The lowest BCUT2D eigenvalue weighted by molar-refractivity contribution is 0.0947. The third kappa shape index (κ3) is 5.20. The Morgan fingerprint density at radius 1 is 1.03 bits per heavy atom. The van der Waals surface area contributed by atoms with Crippen molar-refractivity contribution in [2.24, 2.45) is 0 Å². The van der Waals surface area contributed by atoms with E-state index in [1.165, 1.54) is 18.3 Å². The number of pyridine rings is 2. The van der Waals surface area contributed by atoms with E-state index in [1.807, 2.05) is 37.3 Å². The number of hydrogen-bond donors (Lipinski definition) is 1. The number of halogens is 1. The maximum absolute atomic E-state index is 13.0. The molecule has 0 aliphatic carbocycles. The number of rotatable bonds is 7. The van der Waals surface area contributed by atoms with Gasteiger partial charge in [-0.15, -0.1) is 0 Å². The summed E-state index contributed by atoms with van der Waals surface area (Å²) in [4.78, 5) is 21.5. The van der Waals surface area contributed by atoms with Crippen molar-refractivity contribution in [3.05, 3.63) is 94.4 Å². The highest BCUT2D eigenvalue weighted by Crippen LogP contribution is 2.33. The molecule has 0 saturated carbocycles. The van der Waals surface area contributed by atoms with Gasteiger partial charge < -0.3 is 9.50 Å². The Kier molecular flexibility index (Phi) is 6.71. The number of hydrogen-bond acceptors (Lipinski definition) is 6. The average molecular weight is 526 g/mol. The number of nitrogens with zero attached hydrogens (tertiary/aromatic N) is 2. The number of amides is 1. The predicted molar refractivity (Wildman–Crippen MR) is 129 cm³/mol. The first-order valence-corrected chi connectivity index (χ1v) is 12.3. The summed E-state index contributed by atoms with van der Waals surface area (Å²) >= 11 is 3.35. The van der Waals surface area contributed by atoms with E-state index in [2.05, 4.69) is 31.2 Å². The second kappa shape index (κ2) is 9.68. The molecular weight excluding hydrogens is 506 g/mol. The summed E-state index contributed by atoms with van der Waals surface area (Å²) in [6.07, 6.45) is 2.11. The Labute approximate surface area is 200 Å². The minimum atomic E-state index is -4.23. The Morgan fingerprint density at radius 2 is 1.76 bits per heavy atom. The van der Waals surface area contributed by atoms with Gasteiger partial charge in [0, 0.05) is 18.1 Å². The highest BCUT2D eigenvalue weighted by atomic mass is 79.9. The number of nitrogens with one attached hydrogen (secondary N) is 1. The predicted octanol–water partition coefficient (Wildman–Crippen LogP) is 4.44. The molecule has 9 heteroatoms. The van der Waals surface area contributed by atoms with Crippen LogP contribution in [0.5, 0.6) is 5.75 Å². The second-order valence-corrected chi connectivity index (χ2v) is 9.62. The summed E-state index contributed by atoms with van der Waals surface area (Å²) in [5.41, 5.74) is 2.01. The Balaban J connectivity index is 1.69. The van der Waals surface area contributed by atoms with Crippen LogP contribution in [0.1, 0.15) is 21.6 Å². The first-order valence-electron chi connectivity index (χ1n) is 10.1. The van der Waals surface area contributed by atoms with Gasteiger partial charge in [0.05, 0.1) is 0 Å². The van der Waals surface area contributed by atoms with Crippen molar-refractivity contribution in [2.75, 3.05) is 6.54 Å². The van der Waals surface area contributed by atoms with Crippen molar-refractivity contribution < 1.29 is 17.4 Å². The molecular formula is C24H20BrN3O4S. The molecule has 2 heterocycles. The van der Waals surface area contributed by atoms with Gasteiger partial charge in [-0.1, -0.05) is 48.0 Å². The van der Waals surface area contributed by atoms with Crippen LogP contribution in [0.4, 0.5) is 0 Å². The highest BCUT2D eigenvalue weighted by Gasteiger charge is 2.26. The molecule has 0 fully saturated rings. The lowest BCUT2D eigenvalue weighted by Gasteiger charge is -2.14. The van der Waals surface area contributed by atoms with Crippen LogP contribution in [-0.4, -0.2) is 30.8 Å². The van der Waals surface area contributed by atoms with Crippen molar-refractivity contribution in [3.8, 4) is 5.75 Å². The van der Waals surface area contributed by atoms with E-state index in [1.54, 1.807) is 24.3 Å². The van der Waals surface area contributed by atoms with Gasteiger partial charge in [-0.3, -0.25) is 9.78 Å². The zero-order valence-corrected chi connectivity index (χ0v) is 20.1. The summed E-state index contributed by atoms with van der Waals surface area (Å²) in [6.45, 7) is 2.19. The Morgan fingerprint density at radius 3 is 2.48 bits per heavy atom. The molecule has 7 nitrogen and oxygen atoms in total. The van der Waals surface area contributed by atoms with Gasteiger partial charge in [0.2, 0.25) is 5.75 Å². The molecule has 0 aliphatic heterocycles. The zero-order chi connectivity index (χ0) is 23.4. The number of benzene rings is 2. The molecule has 168 valence electrons. The van der Waals surface area contributed by atoms with Crippen molar-refractivity contribution in [2.45, 2.75) is 18.2 Å². The highest BCUT2D eigenvalue weighted by molar-refractivity contribution is 9.10. The Bertz CT molecular complexity index is 1410. The van der Waals surface area contributed by atoms with Gasteiger partial charge in [0.15, 0.2) is 5.69 Å². The molecule has 1 N–H and O–H groups in total. The summed E-state index contributed by atoms with van der Waals surface area (Å²) in [5, 5.41) is 3.31. The fourth-order valence-corrected chi connectivity index (χ4v) is 4.66. The molecule has 2 aromatic heterocycles. The van der Waals surface area contributed by atoms with Gasteiger partial charge in [-0.25, -0.2) is 4.98 Å². The Hall–Kier alpha value is -3.30. The SMILES string of the molecule is Cc1ccc(S(=O)(=O)Oc2c(C(=O)NCCc3ccccc3)nc(Br)c3cccnc23)cc1. The van der Waals surface area contributed by atoms with Crippen LogP contribution < -0.4 is 9.50 Å². The standard InChI is InChI=1S/C24H20BrN3O4S/c1-16-9-11-18(12-10-16)33(30,31)32-22-20-19(8-5-14-26-20)23(25)28-21(22)24(29)27-15-13-17-6-3-2-4-7-17/h2-12,14H,13,15H2,1H3,(H,27,29). The summed E-state index contributed by atoms with van der Waals surface area (Å²) < 4.78 is 31.8. The molecule has 0 aliphatic rings. The smallest absolute Gasteiger partial charge is 0.339 e. The van der Waals surface area contributed by atoms with Crippen molar-refractivity contribution in [1.29, 1.82) is 0 Å². The minimum absolute atomic E-state index is 0.0319. The molecule has 2 aromatic carbocycles. The van der Waals surface area contributed by atoms with Gasteiger partial charge in [-0.05, 0) is 59.1 Å². The number of aromatic nitrogens is 2. The summed E-state index contributed by atoms with van der Waals surface area (Å²) in [7, 11) is -4.23. The van der Waals surface area contributed by atoms with Crippen LogP contribution in [-0.2, 0) is 16.5 Å². The first kappa shape index (κ1) is 22.9. The minimum Gasteiger partial charge on any atom is -0.374 e. The molecule has 1 amide bonds. The average Bonchev–Trinajstić information content (AvgIpc) is 2.81. The molecule has 0 atom stereocenters. The number of carbonyl (C=O) groups excluding carboxylic acids is 1. The quantitative estimate of drug-likeness (QED) is 0.283. The zero-order valence-electron chi connectivity index (χ0n) is 17.7. The van der Waals surface area contributed by atoms with E-state index in [0.717, 1.165) is 11.1 Å². The van der Waals surface area contributed by atoms with Crippen molar-refractivity contribution in [3.63, 3.8) is 0 Å². The third-order valence-corrected chi connectivity index (χ3v) is 6.77. The third-order valence-electron chi connectivity index (χ3n) is 4.93. The van der Waals surface area contributed by atoms with Crippen LogP contribution in [0, 0.1) is 6.92 Å². The van der Waals surface area contributed by atoms with E-state index in [4.69, 9.17) is 4.18 Å². The topological polar surface area (TPSA) is 98.2 Å². The van der Waals surface area contributed by atoms with Gasteiger partial charge >= 0.3 is 10.1 Å². The molecule has 0 spiro atoms. The number of carbonyl (C=O) groups is 1. The monoisotopic (exact) mass is 525 g/mol. The molecule has 0 bridgehead atoms. The molecule has 0 unspecified atom stereocenters. The van der Waals surface area contributed by atoms with Gasteiger partial charge in [-0.2, -0.15) is 8.42 Å². The fraction of sp³-hybridized carbons (Fsp3) is 0.125. The van der Waals surface area contributed by atoms with E-state index < -0.39 is 16.0 Å². The second-order valence-electron chi connectivity index (χ2n) is 7.32. The normalized spacial score (nSPS) is 11.3. The molecule has 33 heavy (non-hydrogen) atoms. The first-order chi connectivity index (χ1) is 15.8. The lowest BCUT2D eigenvalue weighted by atomic mass is 10.1. The molecule has 0 saturated heterocycles. The fourth-order valence-electron chi connectivity index (χ4n) is 3.22. The summed E-state index contributed by atoms with van der Waals surface area (Å²) in [6, 6.07) is 19.3. The summed E-state index contributed by atoms with van der Waals surface area (Å²) in [5.74, 6) is -0.778. The van der Waals surface area contributed by atoms with E-state index in [-0.39, 0.29) is 21.9 Å². The van der Waals surface area contributed by atoms with Crippen LogP contribution in [0.3, 0.4) is 0 Å². The van der Waals surface area contributed by atoms with Gasteiger partial charge in [0.1, 0.15) is 15.0 Å². The van der Waals surface area contributed by atoms with E-state index in [9.17, 15) is 13.2 Å². The van der Waals surface area contributed by atoms with Crippen molar-refractivity contribution in [1.82, 2.24) is 15.3 Å². The van der Waals surface area contributed by atoms with E-state index >= 15 is 0 Å². The molecule has 0 radical (unpaired) electrons. The van der Waals surface area contributed by atoms with Gasteiger partial charge in [0.25, 0.3) is 5.91 Å². The number of fused-ring (bicyclic) bond motifs is 1. The van der Waals surface area contributed by atoms with Crippen LogP contribution >= 0.6 is 15.9 Å². The van der Waals surface area contributed by atoms with Crippen molar-refractivity contribution >= 4 is 42.9 Å². The maximum Gasteiger partial charge on any atom is 0.339 e. The largest absolute Gasteiger partial charge is 0.374 e. The van der Waals surface area contributed by atoms with E-state index in [0.29, 0.717) is 23.0 Å². The number of aryl methyl sites for hydroxylation is 1. The van der Waals surface area contributed by atoms with Crippen LogP contribution in [0.15, 0.2) is 82.4 Å². The van der Waals surface area contributed by atoms with Crippen LogP contribution in [0.2, 0.25) is 0 Å². The maximum atomic E-state index is 13.0.